The van der Waals surface area contributed by atoms with Gasteiger partial charge in [-0.3, -0.25) is 4.79 Å². The third kappa shape index (κ3) is 3.51. The molecule has 3 rings (SSSR count). The smallest absolute Gasteiger partial charge is 0.435 e. The first kappa shape index (κ1) is 21.3. The van der Waals surface area contributed by atoms with Crippen LogP contribution in [0.2, 0.25) is 5.02 Å². The quantitative estimate of drug-likeness (QED) is 0.611. The first-order valence-corrected chi connectivity index (χ1v) is 9.79. The van der Waals surface area contributed by atoms with Gasteiger partial charge in [0.05, 0.1) is 10.5 Å². The lowest BCUT2D eigenvalue weighted by atomic mass is 10.3. The summed E-state index contributed by atoms with van der Waals surface area (Å²) in [5.41, 5.74) is 3.06. The summed E-state index contributed by atoms with van der Waals surface area (Å²) >= 11 is 4.46. The highest BCUT2D eigenvalue weighted by Crippen LogP contribution is 2.34. The van der Waals surface area contributed by atoms with Gasteiger partial charge in [-0.2, -0.15) is 13.2 Å². The fourth-order valence-corrected chi connectivity index (χ4v) is 3.96. The summed E-state index contributed by atoms with van der Waals surface area (Å²) < 4.78 is 53.8. The Kier molecular flexibility index (Phi) is 5.45. The summed E-state index contributed by atoms with van der Waals surface area (Å²) in [5.74, 6) is 0.170. The minimum absolute atomic E-state index is 0.0132. The van der Waals surface area contributed by atoms with Crippen LogP contribution in [0.15, 0.2) is 21.8 Å². The number of fused-ring (bicyclic) bond motifs is 1. The van der Waals surface area contributed by atoms with Crippen molar-refractivity contribution >= 4 is 39.6 Å². The van der Waals surface area contributed by atoms with E-state index in [4.69, 9.17) is 17.3 Å². The van der Waals surface area contributed by atoms with Gasteiger partial charge < -0.3 is 19.7 Å². The molecule has 0 amide bonds. The fourth-order valence-electron chi connectivity index (χ4n) is 2.83. The topological polar surface area (TPSA) is 111 Å². The maximum Gasteiger partial charge on any atom is 0.435 e. The normalized spacial score (nSPS) is 13.1. The molecule has 0 spiro atoms. The van der Waals surface area contributed by atoms with E-state index < -0.39 is 28.6 Å². The number of halogens is 4. The summed E-state index contributed by atoms with van der Waals surface area (Å²) in [5, 5.41) is 0.0745. The molecular formula is C16H15ClF3N5O3S. The number of imidazole rings is 1. The van der Waals surface area contributed by atoms with Gasteiger partial charge in [-0.05, 0) is 24.2 Å². The molecule has 8 nitrogen and oxygen atoms in total. The van der Waals surface area contributed by atoms with Crippen LogP contribution in [0.4, 0.5) is 19.0 Å². The Morgan fingerprint density at radius 2 is 2.00 bits per heavy atom. The molecule has 3 aromatic rings. The molecule has 0 saturated carbocycles. The predicted octanol–water partition coefficient (Wildman–Crippen LogP) is 2.24. The highest BCUT2D eigenvalue weighted by molar-refractivity contribution is 7.91. The number of nitrogens with zero attached hydrogens (tertiary/aromatic N) is 4. The van der Waals surface area contributed by atoms with E-state index in [1.807, 2.05) is 0 Å². The van der Waals surface area contributed by atoms with Crippen LogP contribution in [0, 0.1) is 0 Å². The molecule has 3 heterocycles. The minimum Gasteiger partial charge on any atom is -0.611 e. The van der Waals surface area contributed by atoms with Gasteiger partial charge in [0.15, 0.2) is 22.1 Å². The molecule has 0 radical (unpaired) electrons. The van der Waals surface area contributed by atoms with E-state index in [0.29, 0.717) is 6.07 Å². The molecule has 0 aromatic carbocycles. The third-order valence-electron chi connectivity index (χ3n) is 4.16. The summed E-state index contributed by atoms with van der Waals surface area (Å²) in [4.78, 5) is 25.7. The third-order valence-corrected chi connectivity index (χ3v) is 5.79. The van der Waals surface area contributed by atoms with Crippen LogP contribution in [0.1, 0.15) is 12.6 Å². The number of alkyl halides is 3. The average Bonchev–Trinajstić information content (AvgIpc) is 2.98. The number of rotatable bonds is 4. The van der Waals surface area contributed by atoms with Gasteiger partial charge in [0.25, 0.3) is 0 Å². The van der Waals surface area contributed by atoms with Crippen molar-refractivity contribution in [1.29, 1.82) is 0 Å². The van der Waals surface area contributed by atoms with E-state index in [2.05, 4.69) is 14.8 Å². The molecule has 0 saturated heterocycles. The van der Waals surface area contributed by atoms with Crippen molar-refractivity contribution < 1.29 is 22.6 Å². The summed E-state index contributed by atoms with van der Waals surface area (Å²) in [7, 11) is 2.37. The zero-order valence-electron chi connectivity index (χ0n) is 15.4. The summed E-state index contributed by atoms with van der Waals surface area (Å²) in [6, 6.07) is 2.06. The number of hydrogen-bond acceptors (Lipinski definition) is 6. The van der Waals surface area contributed by atoms with Crippen LogP contribution in [-0.4, -0.2) is 36.7 Å². The summed E-state index contributed by atoms with van der Waals surface area (Å²) in [6.07, 6.45) is -4.85. The van der Waals surface area contributed by atoms with Crippen molar-refractivity contribution in [3.05, 3.63) is 33.2 Å². The SMILES string of the molecule is CC[S+]([O-])c1cc(Cl)c(N)nc1-c1nc2cc(C(F)(F)F)n(OC)c(=O)c2n1C. The largest absolute Gasteiger partial charge is 0.611 e. The molecular weight excluding hydrogens is 435 g/mol. The van der Waals surface area contributed by atoms with E-state index >= 15 is 0 Å². The van der Waals surface area contributed by atoms with Crippen molar-refractivity contribution in [1.82, 2.24) is 19.3 Å². The van der Waals surface area contributed by atoms with Gasteiger partial charge in [0.1, 0.15) is 24.2 Å². The van der Waals surface area contributed by atoms with Crippen molar-refractivity contribution in [2.45, 2.75) is 18.0 Å². The van der Waals surface area contributed by atoms with Crippen LogP contribution in [-0.2, 0) is 24.4 Å². The minimum atomic E-state index is -4.85. The molecule has 29 heavy (non-hydrogen) atoms. The highest BCUT2D eigenvalue weighted by Gasteiger charge is 2.37. The van der Waals surface area contributed by atoms with E-state index in [0.717, 1.165) is 7.11 Å². The van der Waals surface area contributed by atoms with Gasteiger partial charge in [-0.1, -0.05) is 11.6 Å². The molecule has 0 bridgehead atoms. The Bertz CT molecular complexity index is 1160. The Morgan fingerprint density at radius 1 is 1.34 bits per heavy atom. The molecule has 156 valence electrons. The predicted molar refractivity (Wildman–Crippen MR) is 102 cm³/mol. The molecule has 13 heteroatoms. The molecule has 0 aliphatic carbocycles. The first-order chi connectivity index (χ1) is 13.5. The number of hydrogen-bond donors (Lipinski definition) is 1. The maximum atomic E-state index is 13.3. The number of aromatic nitrogens is 4. The zero-order chi connectivity index (χ0) is 21.7. The second-order valence-corrected chi connectivity index (χ2v) is 7.99. The highest BCUT2D eigenvalue weighted by atomic mass is 35.5. The van der Waals surface area contributed by atoms with Gasteiger partial charge in [-0.15, -0.1) is 4.73 Å². The van der Waals surface area contributed by atoms with Gasteiger partial charge in [0, 0.05) is 13.1 Å². The second-order valence-electron chi connectivity index (χ2n) is 5.87. The van der Waals surface area contributed by atoms with Crippen LogP contribution >= 0.6 is 11.6 Å². The van der Waals surface area contributed by atoms with Crippen LogP contribution in [0.25, 0.3) is 22.6 Å². The van der Waals surface area contributed by atoms with Gasteiger partial charge in [-0.25, -0.2) is 9.97 Å². The average molecular weight is 450 g/mol. The molecule has 2 N–H and O–H groups in total. The lowest BCUT2D eigenvalue weighted by Crippen LogP contribution is -2.32. The van der Waals surface area contributed by atoms with E-state index in [1.165, 1.54) is 17.7 Å². The Balaban J connectivity index is 2.40. The van der Waals surface area contributed by atoms with E-state index in [1.54, 1.807) is 6.92 Å². The Hall–Kier alpha value is -2.44. The number of nitrogens with two attached hydrogens (primary N) is 1. The molecule has 0 aliphatic heterocycles. The lowest BCUT2D eigenvalue weighted by molar-refractivity contribution is -0.151. The van der Waals surface area contributed by atoms with E-state index in [9.17, 15) is 22.5 Å². The molecule has 0 fully saturated rings. The number of nitrogen functional groups attached to an aromatic ring is 1. The van der Waals surface area contributed by atoms with Crippen molar-refractivity contribution in [3.8, 4) is 11.5 Å². The lowest BCUT2D eigenvalue weighted by Gasteiger charge is -2.14. The monoisotopic (exact) mass is 449 g/mol. The Morgan fingerprint density at radius 3 is 2.55 bits per heavy atom. The van der Waals surface area contributed by atoms with Crippen LogP contribution in [0.3, 0.4) is 0 Å². The molecule has 1 unspecified atom stereocenters. The number of anilines is 1. The van der Waals surface area contributed by atoms with Crippen molar-refractivity contribution in [2.75, 3.05) is 18.6 Å². The van der Waals surface area contributed by atoms with Crippen molar-refractivity contribution in [2.24, 2.45) is 7.05 Å². The molecule has 0 aliphatic rings. The Labute approximate surface area is 170 Å². The number of pyridine rings is 2. The first-order valence-electron chi connectivity index (χ1n) is 8.10. The summed E-state index contributed by atoms with van der Waals surface area (Å²) in [6.45, 7) is 1.67. The molecule has 3 aromatic heterocycles. The standard InChI is InChI=1S/C16H15ClF3N5O3S/c1-4-29(27)9-5-7(17)13(21)23-11(9)14-22-8-6-10(16(18,19)20)25(28-3)15(26)12(8)24(14)2/h5-6H,4H2,1-3H3,(H2,21,23). The van der Waals surface area contributed by atoms with Crippen molar-refractivity contribution in [3.63, 3.8) is 0 Å². The maximum absolute atomic E-state index is 13.3. The van der Waals surface area contributed by atoms with Crippen LogP contribution in [0.5, 0.6) is 0 Å². The zero-order valence-corrected chi connectivity index (χ0v) is 16.9. The molecule has 1 atom stereocenters. The van der Waals surface area contributed by atoms with Gasteiger partial charge >= 0.3 is 11.7 Å². The second kappa shape index (κ2) is 7.43. The fraction of sp³-hybridized carbons (Fsp3) is 0.312. The van der Waals surface area contributed by atoms with Crippen LogP contribution < -0.4 is 16.1 Å². The van der Waals surface area contributed by atoms with E-state index in [-0.39, 0.29) is 48.8 Å². The van der Waals surface area contributed by atoms with Gasteiger partial charge in [0.2, 0.25) is 0 Å². The number of aryl methyl sites for hydroxylation is 1.